The van der Waals surface area contributed by atoms with Crippen LogP contribution in [0, 0.1) is 6.92 Å². The first-order valence-electron chi connectivity index (χ1n) is 7.70. The number of carbonyl (C=O) groups is 1. The van der Waals surface area contributed by atoms with Crippen LogP contribution in [-0.2, 0) is 4.79 Å². The summed E-state index contributed by atoms with van der Waals surface area (Å²) in [6.07, 6.45) is -3.69. The Hall–Kier alpha value is -1.09. The molecule has 0 aliphatic carbocycles. The largest absolute Gasteiger partial charge is 0.338 e. The summed E-state index contributed by atoms with van der Waals surface area (Å²) in [5.74, 6) is -4.33. The maximum absolute atomic E-state index is 13.1. The molecule has 1 saturated heterocycles. The molecule has 1 unspecified atom stereocenters. The van der Waals surface area contributed by atoms with Gasteiger partial charge in [0.25, 0.3) is 0 Å². The van der Waals surface area contributed by atoms with Gasteiger partial charge in [0.05, 0.1) is 6.54 Å². The van der Waals surface area contributed by atoms with Crippen LogP contribution in [0.5, 0.6) is 0 Å². The molecule has 26 heavy (non-hydrogen) atoms. The van der Waals surface area contributed by atoms with Crippen molar-refractivity contribution in [3.05, 3.63) is 35.4 Å². The number of amides is 1. The quantitative estimate of drug-likeness (QED) is 0.746. The zero-order valence-corrected chi connectivity index (χ0v) is 15.8. The van der Waals surface area contributed by atoms with Crippen LogP contribution < -0.4 is 5.73 Å². The summed E-state index contributed by atoms with van der Waals surface area (Å²) in [5, 5.41) is 0. The maximum atomic E-state index is 13.1. The number of rotatable bonds is 5. The third-order valence-corrected chi connectivity index (χ3v) is 4.14. The van der Waals surface area contributed by atoms with Gasteiger partial charge in [-0.05, 0) is 12.5 Å². The van der Waals surface area contributed by atoms with Gasteiger partial charge in [-0.2, -0.15) is 8.78 Å². The van der Waals surface area contributed by atoms with Crippen LogP contribution in [0.3, 0.4) is 0 Å². The molecule has 1 aromatic carbocycles. The third kappa shape index (κ3) is 6.26. The molecular weight excluding hydrogens is 397 g/mol. The van der Waals surface area contributed by atoms with Crippen molar-refractivity contribution in [1.82, 2.24) is 9.80 Å². The molecular formula is C16H23Cl2F4N3O. The van der Waals surface area contributed by atoms with Crippen molar-refractivity contribution < 1.29 is 22.4 Å². The van der Waals surface area contributed by atoms with Crippen molar-refractivity contribution in [1.29, 1.82) is 0 Å². The summed E-state index contributed by atoms with van der Waals surface area (Å²) in [6.45, 7) is 1.54. The molecule has 10 heteroatoms. The summed E-state index contributed by atoms with van der Waals surface area (Å²) in [4.78, 5) is 15.1. The van der Waals surface area contributed by atoms with Crippen LogP contribution in [0.4, 0.5) is 17.6 Å². The fourth-order valence-corrected chi connectivity index (χ4v) is 2.61. The van der Waals surface area contributed by atoms with E-state index in [0.717, 1.165) is 5.56 Å². The number of halogens is 6. The topological polar surface area (TPSA) is 49.6 Å². The van der Waals surface area contributed by atoms with E-state index in [0.29, 0.717) is 5.56 Å². The fourth-order valence-electron chi connectivity index (χ4n) is 2.61. The van der Waals surface area contributed by atoms with Gasteiger partial charge in [-0.15, -0.1) is 24.8 Å². The number of hydrogen-bond donors (Lipinski definition) is 1. The van der Waals surface area contributed by atoms with Crippen molar-refractivity contribution in [3.8, 4) is 0 Å². The second-order valence-corrected chi connectivity index (χ2v) is 6.05. The van der Waals surface area contributed by atoms with E-state index in [2.05, 4.69) is 0 Å². The Bertz CT molecular complexity index is 567. The molecule has 1 fully saturated rings. The highest BCUT2D eigenvalue weighted by atomic mass is 35.5. The molecule has 1 heterocycles. The van der Waals surface area contributed by atoms with E-state index >= 15 is 0 Å². The molecule has 1 amide bonds. The number of hydrogen-bond acceptors (Lipinski definition) is 3. The number of nitrogens with two attached hydrogens (primary N) is 1. The van der Waals surface area contributed by atoms with Gasteiger partial charge in [-0.3, -0.25) is 9.69 Å². The highest BCUT2D eigenvalue weighted by Crippen LogP contribution is 2.24. The van der Waals surface area contributed by atoms with E-state index in [9.17, 15) is 22.4 Å². The molecule has 0 bridgehead atoms. The lowest BCUT2D eigenvalue weighted by Gasteiger charge is -2.37. The Morgan fingerprint density at radius 2 is 1.62 bits per heavy atom. The number of carbonyl (C=O) groups excluding carboxylic acids is 1. The van der Waals surface area contributed by atoms with Gasteiger partial charge >= 0.3 is 12.3 Å². The standard InChI is InChI=1S/C16H21F4N3O.2ClH/c1-11-2-4-12(5-3-11)13(21)14(24)23-8-6-22(7-9-23)10-16(19,20)15(17)18;;/h2-5,13,15H,6-10,21H2,1H3;2*1H. The summed E-state index contributed by atoms with van der Waals surface area (Å²) in [5.41, 5.74) is 7.70. The van der Waals surface area contributed by atoms with Gasteiger partial charge in [0, 0.05) is 26.2 Å². The number of piperazine rings is 1. The van der Waals surface area contributed by atoms with E-state index in [1.165, 1.54) is 9.80 Å². The SMILES string of the molecule is Cc1ccc(C(N)C(=O)N2CCN(CC(F)(F)C(F)F)CC2)cc1.Cl.Cl. The van der Waals surface area contributed by atoms with Crippen LogP contribution >= 0.6 is 24.8 Å². The van der Waals surface area contributed by atoms with Gasteiger partial charge in [-0.1, -0.05) is 29.8 Å². The summed E-state index contributed by atoms with van der Waals surface area (Å²) < 4.78 is 50.6. The van der Waals surface area contributed by atoms with Crippen molar-refractivity contribution in [2.45, 2.75) is 25.3 Å². The minimum atomic E-state index is -4.04. The molecule has 0 radical (unpaired) electrons. The van der Waals surface area contributed by atoms with E-state index in [-0.39, 0.29) is 56.9 Å². The number of benzene rings is 1. The first-order valence-corrected chi connectivity index (χ1v) is 7.70. The van der Waals surface area contributed by atoms with Gasteiger partial charge in [0.15, 0.2) is 0 Å². The second kappa shape index (κ2) is 10.3. The Kier molecular flexibility index (Phi) is 9.87. The number of aryl methyl sites for hydroxylation is 1. The van der Waals surface area contributed by atoms with E-state index in [1.54, 1.807) is 12.1 Å². The van der Waals surface area contributed by atoms with Crippen LogP contribution in [-0.4, -0.2) is 60.8 Å². The molecule has 1 aliphatic heterocycles. The molecule has 4 nitrogen and oxygen atoms in total. The third-order valence-electron chi connectivity index (χ3n) is 4.14. The average molecular weight is 420 g/mol. The summed E-state index contributed by atoms with van der Waals surface area (Å²) in [6, 6.07) is 6.44. The lowest BCUT2D eigenvalue weighted by atomic mass is 10.0. The highest BCUT2D eigenvalue weighted by Gasteiger charge is 2.42. The van der Waals surface area contributed by atoms with Gasteiger partial charge in [0.2, 0.25) is 5.91 Å². The van der Waals surface area contributed by atoms with Gasteiger partial charge in [-0.25, -0.2) is 8.78 Å². The van der Waals surface area contributed by atoms with Crippen LogP contribution in [0.25, 0.3) is 0 Å². The number of alkyl halides is 4. The molecule has 2 N–H and O–H groups in total. The van der Waals surface area contributed by atoms with Crippen molar-refractivity contribution in [3.63, 3.8) is 0 Å². The normalized spacial score (nSPS) is 16.7. The average Bonchev–Trinajstić information content (AvgIpc) is 2.54. The van der Waals surface area contributed by atoms with Crippen molar-refractivity contribution in [2.24, 2.45) is 5.73 Å². The zero-order chi connectivity index (χ0) is 17.9. The van der Waals surface area contributed by atoms with Crippen LogP contribution in [0.15, 0.2) is 24.3 Å². The minimum absolute atomic E-state index is 0. The minimum Gasteiger partial charge on any atom is -0.338 e. The molecule has 1 aliphatic rings. The molecule has 2 rings (SSSR count). The van der Waals surface area contributed by atoms with Crippen molar-refractivity contribution in [2.75, 3.05) is 32.7 Å². The van der Waals surface area contributed by atoms with Gasteiger partial charge < -0.3 is 10.6 Å². The lowest BCUT2D eigenvalue weighted by Crippen LogP contribution is -2.54. The summed E-state index contributed by atoms with van der Waals surface area (Å²) in [7, 11) is 0. The Morgan fingerprint density at radius 3 is 2.08 bits per heavy atom. The van der Waals surface area contributed by atoms with Crippen LogP contribution in [0.1, 0.15) is 17.2 Å². The predicted molar refractivity (Wildman–Crippen MR) is 96.6 cm³/mol. The maximum Gasteiger partial charge on any atom is 0.319 e. The molecule has 150 valence electrons. The monoisotopic (exact) mass is 419 g/mol. The molecule has 1 atom stereocenters. The zero-order valence-electron chi connectivity index (χ0n) is 14.2. The number of nitrogens with zero attached hydrogens (tertiary/aromatic N) is 2. The fraction of sp³-hybridized carbons (Fsp3) is 0.562. The molecule has 0 aromatic heterocycles. The Morgan fingerprint density at radius 1 is 1.12 bits per heavy atom. The highest BCUT2D eigenvalue weighted by molar-refractivity contribution is 5.85. The summed E-state index contributed by atoms with van der Waals surface area (Å²) >= 11 is 0. The van der Waals surface area contributed by atoms with Gasteiger partial charge in [0.1, 0.15) is 6.04 Å². The smallest absolute Gasteiger partial charge is 0.319 e. The molecule has 1 aromatic rings. The van der Waals surface area contributed by atoms with E-state index in [1.807, 2.05) is 19.1 Å². The lowest BCUT2D eigenvalue weighted by molar-refractivity contribution is -0.148. The van der Waals surface area contributed by atoms with E-state index in [4.69, 9.17) is 5.73 Å². The molecule has 0 spiro atoms. The first kappa shape index (κ1) is 24.9. The second-order valence-electron chi connectivity index (χ2n) is 6.05. The Labute approximate surface area is 162 Å². The van der Waals surface area contributed by atoms with Crippen molar-refractivity contribution >= 4 is 30.7 Å². The molecule has 0 saturated carbocycles. The predicted octanol–water partition coefficient (Wildman–Crippen LogP) is 2.88. The Balaban J connectivity index is 0.00000312. The first-order chi connectivity index (χ1) is 11.2. The van der Waals surface area contributed by atoms with Crippen LogP contribution in [0.2, 0.25) is 0 Å². The van der Waals surface area contributed by atoms with E-state index < -0.39 is 24.9 Å².